The number of hydrogen-bond donors (Lipinski definition) is 0. The molecule has 1 fully saturated rings. The monoisotopic (exact) mass is 284 g/mol. The largest absolute Gasteiger partial charge is 0.379 e. The molecule has 104 valence electrons. The molecule has 6 heteroatoms. The molecule has 1 aromatic carbocycles. The normalized spacial score (nSPS) is 18.2. The van der Waals surface area contributed by atoms with Crippen LogP contribution < -0.4 is 0 Å². The molecule has 0 aromatic heterocycles. The van der Waals surface area contributed by atoms with Crippen LogP contribution in [0.25, 0.3) is 0 Å². The van der Waals surface area contributed by atoms with E-state index in [9.17, 15) is 10.1 Å². The Bertz CT molecular complexity index is 461. The van der Waals surface area contributed by atoms with Crippen molar-refractivity contribution in [3.63, 3.8) is 0 Å². The molecular weight excluding hydrogens is 268 g/mol. The van der Waals surface area contributed by atoms with Crippen LogP contribution in [0.3, 0.4) is 0 Å². The lowest BCUT2D eigenvalue weighted by Gasteiger charge is -2.28. The van der Waals surface area contributed by atoms with Gasteiger partial charge in [0.25, 0.3) is 5.69 Å². The molecule has 0 radical (unpaired) electrons. The highest BCUT2D eigenvalue weighted by molar-refractivity contribution is 6.21. The van der Waals surface area contributed by atoms with Crippen molar-refractivity contribution in [3.05, 3.63) is 39.4 Å². The quantitative estimate of drug-likeness (QED) is 0.484. The molecular formula is C13H17ClN2O3. The third kappa shape index (κ3) is 3.65. The first-order valence-electron chi connectivity index (χ1n) is 6.27. The van der Waals surface area contributed by atoms with E-state index in [0.29, 0.717) is 12.1 Å². The van der Waals surface area contributed by atoms with Crippen molar-refractivity contribution in [1.29, 1.82) is 0 Å². The predicted octanol–water partition coefficient (Wildman–Crippen LogP) is 2.52. The number of morpholine rings is 1. The first-order chi connectivity index (χ1) is 9.08. The summed E-state index contributed by atoms with van der Waals surface area (Å²) in [5.41, 5.74) is 1.58. The van der Waals surface area contributed by atoms with Crippen LogP contribution in [-0.2, 0) is 4.74 Å². The third-order valence-electron chi connectivity index (χ3n) is 3.31. The topological polar surface area (TPSA) is 55.6 Å². The Hall–Kier alpha value is -1.17. The maximum Gasteiger partial charge on any atom is 0.272 e. The van der Waals surface area contributed by atoms with Gasteiger partial charge in [0, 0.05) is 31.3 Å². The van der Waals surface area contributed by atoms with Crippen LogP contribution in [0.15, 0.2) is 18.2 Å². The van der Waals surface area contributed by atoms with Gasteiger partial charge in [-0.25, -0.2) is 0 Å². The fourth-order valence-electron chi connectivity index (χ4n) is 2.13. The van der Waals surface area contributed by atoms with E-state index in [0.717, 1.165) is 31.9 Å². The molecule has 0 spiro atoms. The Labute approximate surface area is 117 Å². The number of nitro benzene ring substituents is 1. The molecule has 0 aliphatic carbocycles. The van der Waals surface area contributed by atoms with Crippen molar-refractivity contribution >= 4 is 17.3 Å². The molecule has 0 N–H and O–H groups in total. The SMILES string of the molecule is Cc1ccc(C(Cl)CN2CCOCC2)cc1[N+](=O)[O-]. The molecule has 0 bridgehead atoms. The summed E-state index contributed by atoms with van der Waals surface area (Å²) in [6, 6.07) is 5.19. The molecule has 1 aliphatic rings. The summed E-state index contributed by atoms with van der Waals surface area (Å²) in [5, 5.41) is 10.7. The van der Waals surface area contributed by atoms with Gasteiger partial charge >= 0.3 is 0 Å². The number of alkyl halides is 1. The van der Waals surface area contributed by atoms with Crippen molar-refractivity contribution in [2.45, 2.75) is 12.3 Å². The van der Waals surface area contributed by atoms with Gasteiger partial charge in [-0.3, -0.25) is 15.0 Å². The average Bonchev–Trinajstić information content (AvgIpc) is 2.40. The number of ether oxygens (including phenoxy) is 1. The van der Waals surface area contributed by atoms with E-state index in [1.165, 1.54) is 0 Å². The van der Waals surface area contributed by atoms with Gasteiger partial charge < -0.3 is 4.74 Å². The summed E-state index contributed by atoms with van der Waals surface area (Å²) >= 11 is 6.36. The van der Waals surface area contributed by atoms with Gasteiger partial charge in [-0.1, -0.05) is 12.1 Å². The highest BCUT2D eigenvalue weighted by atomic mass is 35.5. The maximum atomic E-state index is 10.9. The van der Waals surface area contributed by atoms with Crippen LogP contribution in [0.1, 0.15) is 16.5 Å². The van der Waals surface area contributed by atoms with Crippen LogP contribution in [0.5, 0.6) is 0 Å². The van der Waals surface area contributed by atoms with E-state index in [1.54, 1.807) is 19.1 Å². The molecule has 1 unspecified atom stereocenters. The lowest BCUT2D eigenvalue weighted by Crippen LogP contribution is -2.38. The highest BCUT2D eigenvalue weighted by Gasteiger charge is 2.19. The molecule has 1 aromatic rings. The fraction of sp³-hybridized carbons (Fsp3) is 0.538. The number of benzene rings is 1. The second kappa shape index (κ2) is 6.32. The summed E-state index contributed by atoms with van der Waals surface area (Å²) in [7, 11) is 0. The van der Waals surface area contributed by atoms with Gasteiger partial charge in [-0.15, -0.1) is 11.6 Å². The summed E-state index contributed by atoms with van der Waals surface area (Å²) in [6.45, 7) is 5.57. The van der Waals surface area contributed by atoms with Crippen molar-refractivity contribution < 1.29 is 9.66 Å². The standard InChI is InChI=1S/C13H17ClN2O3/c1-10-2-3-11(8-13(10)16(17)18)12(14)9-15-4-6-19-7-5-15/h2-3,8,12H,4-7,9H2,1H3. The van der Waals surface area contributed by atoms with Crippen LogP contribution in [0, 0.1) is 17.0 Å². The fourth-order valence-corrected chi connectivity index (χ4v) is 2.46. The van der Waals surface area contributed by atoms with Gasteiger partial charge in [-0.2, -0.15) is 0 Å². The van der Waals surface area contributed by atoms with E-state index < -0.39 is 0 Å². The maximum absolute atomic E-state index is 10.9. The van der Waals surface area contributed by atoms with Gasteiger partial charge in [-0.05, 0) is 12.5 Å². The van der Waals surface area contributed by atoms with Gasteiger partial charge in [0.1, 0.15) is 0 Å². The zero-order valence-electron chi connectivity index (χ0n) is 10.8. The van der Waals surface area contributed by atoms with Crippen molar-refractivity contribution in [1.82, 2.24) is 4.90 Å². The zero-order valence-corrected chi connectivity index (χ0v) is 11.6. The molecule has 0 saturated carbocycles. The van der Waals surface area contributed by atoms with E-state index >= 15 is 0 Å². The Kier molecular flexibility index (Phi) is 4.74. The summed E-state index contributed by atoms with van der Waals surface area (Å²) in [4.78, 5) is 12.8. The van der Waals surface area contributed by atoms with Gasteiger partial charge in [0.2, 0.25) is 0 Å². The first kappa shape index (κ1) is 14.2. The average molecular weight is 285 g/mol. The van der Waals surface area contributed by atoms with Crippen LogP contribution in [0.2, 0.25) is 0 Å². The number of hydrogen-bond acceptors (Lipinski definition) is 4. The van der Waals surface area contributed by atoms with E-state index in [-0.39, 0.29) is 16.0 Å². The number of nitrogens with zero attached hydrogens (tertiary/aromatic N) is 2. The number of halogens is 1. The van der Waals surface area contributed by atoms with E-state index in [1.807, 2.05) is 6.07 Å². The minimum Gasteiger partial charge on any atom is -0.379 e. The first-order valence-corrected chi connectivity index (χ1v) is 6.70. The minimum absolute atomic E-state index is 0.130. The van der Waals surface area contributed by atoms with Crippen molar-refractivity contribution in [2.24, 2.45) is 0 Å². The molecule has 1 saturated heterocycles. The molecule has 1 heterocycles. The molecule has 1 aliphatic heterocycles. The summed E-state index contributed by atoms with van der Waals surface area (Å²) in [5.74, 6) is 0. The highest BCUT2D eigenvalue weighted by Crippen LogP contribution is 2.27. The second-order valence-electron chi connectivity index (χ2n) is 4.68. The number of nitro groups is 1. The van der Waals surface area contributed by atoms with Gasteiger partial charge in [0.05, 0.1) is 23.5 Å². The summed E-state index contributed by atoms with van der Waals surface area (Å²) < 4.78 is 5.28. The van der Waals surface area contributed by atoms with Crippen LogP contribution in [0.4, 0.5) is 5.69 Å². The molecule has 0 amide bonds. The van der Waals surface area contributed by atoms with Crippen LogP contribution in [-0.4, -0.2) is 42.7 Å². The molecule has 19 heavy (non-hydrogen) atoms. The predicted molar refractivity (Wildman–Crippen MR) is 73.7 cm³/mol. The molecule has 2 rings (SSSR count). The Morgan fingerprint density at radius 2 is 2.16 bits per heavy atom. The third-order valence-corrected chi connectivity index (χ3v) is 3.70. The number of aryl methyl sites for hydroxylation is 1. The Morgan fingerprint density at radius 3 is 2.79 bits per heavy atom. The zero-order chi connectivity index (χ0) is 13.8. The van der Waals surface area contributed by atoms with Crippen LogP contribution >= 0.6 is 11.6 Å². The Morgan fingerprint density at radius 1 is 1.47 bits per heavy atom. The number of rotatable bonds is 4. The molecule has 1 atom stereocenters. The Balaban J connectivity index is 2.07. The molecule has 5 nitrogen and oxygen atoms in total. The van der Waals surface area contributed by atoms with Gasteiger partial charge in [0.15, 0.2) is 0 Å². The van der Waals surface area contributed by atoms with Crippen molar-refractivity contribution in [2.75, 3.05) is 32.8 Å². The van der Waals surface area contributed by atoms with E-state index in [2.05, 4.69) is 4.90 Å². The van der Waals surface area contributed by atoms with Crippen molar-refractivity contribution in [3.8, 4) is 0 Å². The minimum atomic E-state index is -0.364. The summed E-state index contributed by atoms with van der Waals surface area (Å²) in [6.07, 6.45) is 0. The lowest BCUT2D eigenvalue weighted by molar-refractivity contribution is -0.385. The smallest absolute Gasteiger partial charge is 0.272 e. The lowest BCUT2D eigenvalue weighted by atomic mass is 10.1. The second-order valence-corrected chi connectivity index (χ2v) is 5.21. The van der Waals surface area contributed by atoms with E-state index in [4.69, 9.17) is 16.3 Å².